The summed E-state index contributed by atoms with van der Waals surface area (Å²) in [6.07, 6.45) is 3.13. The first-order chi connectivity index (χ1) is 9.99. The van der Waals surface area contributed by atoms with Crippen molar-refractivity contribution in [1.29, 1.82) is 0 Å². The van der Waals surface area contributed by atoms with Crippen molar-refractivity contribution in [3.8, 4) is 0 Å². The zero-order valence-corrected chi connectivity index (χ0v) is 14.4. The first kappa shape index (κ1) is 18.8. The summed E-state index contributed by atoms with van der Waals surface area (Å²) in [4.78, 5) is 0. The Morgan fingerprint density at radius 3 is 2.81 bits per heavy atom. The van der Waals surface area contributed by atoms with Crippen molar-refractivity contribution in [2.24, 2.45) is 5.92 Å². The summed E-state index contributed by atoms with van der Waals surface area (Å²) < 4.78 is 34.3. The van der Waals surface area contributed by atoms with Crippen LogP contribution in [0.1, 0.15) is 40.0 Å². The van der Waals surface area contributed by atoms with Crippen molar-refractivity contribution in [1.82, 2.24) is 14.3 Å². The van der Waals surface area contributed by atoms with Gasteiger partial charge in [-0.05, 0) is 52.1 Å². The van der Waals surface area contributed by atoms with E-state index in [2.05, 4.69) is 17.0 Å². The molecule has 1 saturated heterocycles. The van der Waals surface area contributed by atoms with Gasteiger partial charge in [-0.1, -0.05) is 6.92 Å². The molecule has 126 valence electrons. The second-order valence-electron chi connectivity index (χ2n) is 5.75. The summed E-state index contributed by atoms with van der Waals surface area (Å²) in [5.74, 6) is 0.407. The van der Waals surface area contributed by atoms with E-state index in [1.165, 1.54) is 0 Å². The summed E-state index contributed by atoms with van der Waals surface area (Å²) in [5, 5.41) is 3.38. The normalized spacial score (nSPS) is 22.3. The average Bonchev–Trinajstić information content (AvgIpc) is 2.45. The Morgan fingerprint density at radius 2 is 2.14 bits per heavy atom. The summed E-state index contributed by atoms with van der Waals surface area (Å²) in [6, 6.07) is -0.200. The molecule has 2 unspecified atom stereocenters. The highest BCUT2D eigenvalue weighted by Gasteiger charge is 2.29. The Bertz CT molecular complexity index is 376. The van der Waals surface area contributed by atoms with Gasteiger partial charge in [0.1, 0.15) is 0 Å². The molecule has 0 aromatic carbocycles. The lowest BCUT2D eigenvalue weighted by Gasteiger charge is -2.32. The Hall–Kier alpha value is -0.210. The Morgan fingerprint density at radius 1 is 1.38 bits per heavy atom. The van der Waals surface area contributed by atoms with Gasteiger partial charge in [0, 0.05) is 25.7 Å². The van der Waals surface area contributed by atoms with Gasteiger partial charge >= 0.3 is 0 Å². The molecule has 2 N–H and O–H groups in total. The van der Waals surface area contributed by atoms with E-state index in [0.717, 1.165) is 32.4 Å². The fourth-order valence-corrected chi connectivity index (χ4v) is 4.05. The minimum Gasteiger partial charge on any atom is -0.380 e. The van der Waals surface area contributed by atoms with Crippen LogP contribution in [-0.2, 0) is 14.9 Å². The maximum atomic E-state index is 12.4. The Labute approximate surface area is 129 Å². The molecule has 1 rings (SSSR count). The van der Waals surface area contributed by atoms with Crippen molar-refractivity contribution >= 4 is 10.2 Å². The van der Waals surface area contributed by atoms with Gasteiger partial charge in [-0.25, -0.2) is 0 Å². The SMILES string of the molecule is CCCNCC1CCCN(S(=O)(=O)NC(C)COCC)C1. The van der Waals surface area contributed by atoms with Gasteiger partial charge in [-0.15, -0.1) is 0 Å². The van der Waals surface area contributed by atoms with Crippen molar-refractivity contribution < 1.29 is 13.2 Å². The Kier molecular flexibility index (Phi) is 8.73. The van der Waals surface area contributed by atoms with Crippen LogP contribution < -0.4 is 10.0 Å². The number of nitrogens with zero attached hydrogens (tertiary/aromatic N) is 1. The molecule has 1 aliphatic heterocycles. The molecule has 0 aromatic rings. The zero-order chi connectivity index (χ0) is 15.7. The van der Waals surface area contributed by atoms with E-state index >= 15 is 0 Å². The second-order valence-corrected chi connectivity index (χ2v) is 7.46. The molecule has 1 heterocycles. The minimum atomic E-state index is -3.40. The van der Waals surface area contributed by atoms with Gasteiger partial charge in [0.2, 0.25) is 0 Å². The molecule has 0 aromatic heterocycles. The van der Waals surface area contributed by atoms with Gasteiger partial charge in [-0.3, -0.25) is 0 Å². The van der Waals surface area contributed by atoms with Crippen LogP contribution in [0.3, 0.4) is 0 Å². The van der Waals surface area contributed by atoms with Crippen LogP contribution >= 0.6 is 0 Å². The molecule has 0 amide bonds. The molecular formula is C14H31N3O3S. The van der Waals surface area contributed by atoms with Gasteiger partial charge < -0.3 is 10.1 Å². The van der Waals surface area contributed by atoms with E-state index in [0.29, 0.717) is 32.2 Å². The summed E-state index contributed by atoms with van der Waals surface area (Å²) in [6.45, 7) is 9.98. The van der Waals surface area contributed by atoms with Crippen LogP contribution in [0.4, 0.5) is 0 Å². The van der Waals surface area contributed by atoms with E-state index in [1.54, 1.807) is 4.31 Å². The van der Waals surface area contributed by atoms with E-state index in [1.807, 2.05) is 13.8 Å². The molecule has 6 nitrogen and oxygen atoms in total. The molecule has 1 fully saturated rings. The highest BCUT2D eigenvalue weighted by atomic mass is 32.2. The molecule has 0 bridgehead atoms. The van der Waals surface area contributed by atoms with Crippen molar-refractivity contribution in [3.63, 3.8) is 0 Å². The standard InChI is InChI=1S/C14H31N3O3S/c1-4-8-15-10-14-7-6-9-17(11-14)21(18,19)16-13(3)12-20-5-2/h13-16H,4-12H2,1-3H3. The highest BCUT2D eigenvalue weighted by molar-refractivity contribution is 7.87. The number of nitrogens with one attached hydrogen (secondary N) is 2. The minimum absolute atomic E-state index is 0.200. The lowest BCUT2D eigenvalue weighted by Crippen LogP contribution is -2.50. The smallest absolute Gasteiger partial charge is 0.279 e. The number of rotatable bonds is 10. The number of hydrogen-bond acceptors (Lipinski definition) is 4. The van der Waals surface area contributed by atoms with Crippen molar-refractivity contribution in [2.75, 3.05) is 39.4 Å². The molecular weight excluding hydrogens is 290 g/mol. The third-order valence-corrected chi connectivity index (χ3v) is 5.32. The summed E-state index contributed by atoms with van der Waals surface area (Å²) in [5.41, 5.74) is 0. The quantitative estimate of drug-likeness (QED) is 0.588. The fourth-order valence-electron chi connectivity index (χ4n) is 2.55. The van der Waals surface area contributed by atoms with Gasteiger partial charge in [-0.2, -0.15) is 17.4 Å². The number of hydrogen-bond donors (Lipinski definition) is 2. The molecule has 21 heavy (non-hydrogen) atoms. The monoisotopic (exact) mass is 321 g/mol. The number of piperidine rings is 1. The molecule has 1 aliphatic rings. The van der Waals surface area contributed by atoms with Crippen LogP contribution in [0.2, 0.25) is 0 Å². The van der Waals surface area contributed by atoms with Crippen LogP contribution in [0.5, 0.6) is 0 Å². The van der Waals surface area contributed by atoms with E-state index in [-0.39, 0.29) is 6.04 Å². The van der Waals surface area contributed by atoms with Crippen LogP contribution in [-0.4, -0.2) is 58.2 Å². The zero-order valence-electron chi connectivity index (χ0n) is 13.6. The summed E-state index contributed by atoms with van der Waals surface area (Å²) in [7, 11) is -3.40. The molecule has 2 atom stereocenters. The molecule has 0 radical (unpaired) electrons. The molecule has 0 aliphatic carbocycles. The van der Waals surface area contributed by atoms with Crippen LogP contribution in [0.15, 0.2) is 0 Å². The molecule has 0 saturated carbocycles. The first-order valence-corrected chi connectivity index (χ1v) is 9.49. The van der Waals surface area contributed by atoms with Crippen LogP contribution in [0.25, 0.3) is 0 Å². The summed E-state index contributed by atoms with van der Waals surface area (Å²) >= 11 is 0. The lowest BCUT2D eigenvalue weighted by molar-refractivity contribution is 0.132. The largest absolute Gasteiger partial charge is 0.380 e. The van der Waals surface area contributed by atoms with Crippen molar-refractivity contribution in [3.05, 3.63) is 0 Å². The predicted octanol–water partition coefficient (Wildman–Crippen LogP) is 0.957. The maximum Gasteiger partial charge on any atom is 0.279 e. The Balaban J connectivity index is 2.45. The second kappa shape index (κ2) is 9.74. The topological polar surface area (TPSA) is 70.7 Å². The molecule has 7 heteroatoms. The van der Waals surface area contributed by atoms with Gasteiger partial charge in [0.25, 0.3) is 10.2 Å². The third-order valence-electron chi connectivity index (χ3n) is 3.60. The lowest BCUT2D eigenvalue weighted by atomic mass is 10.00. The fraction of sp³-hybridized carbons (Fsp3) is 1.00. The molecule has 0 spiro atoms. The van der Waals surface area contributed by atoms with E-state index < -0.39 is 10.2 Å². The predicted molar refractivity (Wildman–Crippen MR) is 85.5 cm³/mol. The van der Waals surface area contributed by atoms with Crippen molar-refractivity contribution in [2.45, 2.75) is 46.1 Å². The number of ether oxygens (including phenoxy) is 1. The first-order valence-electron chi connectivity index (χ1n) is 8.05. The van der Waals surface area contributed by atoms with Gasteiger partial charge in [0.05, 0.1) is 6.61 Å². The van der Waals surface area contributed by atoms with E-state index in [4.69, 9.17) is 4.74 Å². The third kappa shape index (κ3) is 7.06. The average molecular weight is 321 g/mol. The highest BCUT2D eigenvalue weighted by Crippen LogP contribution is 2.18. The maximum absolute atomic E-state index is 12.4. The van der Waals surface area contributed by atoms with E-state index in [9.17, 15) is 8.42 Å². The van der Waals surface area contributed by atoms with Gasteiger partial charge in [0.15, 0.2) is 0 Å². The van der Waals surface area contributed by atoms with Crippen LogP contribution in [0, 0.1) is 5.92 Å².